The molecular formula is C13H13N3. The van der Waals surface area contributed by atoms with Gasteiger partial charge in [-0.25, -0.2) is 4.99 Å². The lowest BCUT2D eigenvalue weighted by atomic mass is 10.0. The fraction of sp³-hybridized carbons (Fsp3) is 0.154. The standard InChI is InChI=1S/C13H13N3/c1-3-4-10(2)11-5-7-14-13-12(9-11)6-8-15-16-13/h3-4,6-9H,2,5H2,1H3/b4-3-. The van der Waals surface area contributed by atoms with E-state index in [1.54, 1.807) is 6.20 Å². The number of hydrogen-bond acceptors (Lipinski definition) is 3. The minimum absolute atomic E-state index is 0.672. The minimum Gasteiger partial charge on any atom is -0.239 e. The van der Waals surface area contributed by atoms with Gasteiger partial charge in [0.15, 0.2) is 5.82 Å². The molecule has 0 fully saturated rings. The minimum atomic E-state index is 0.672. The maximum Gasteiger partial charge on any atom is 0.181 e. The van der Waals surface area contributed by atoms with Crippen molar-refractivity contribution in [2.45, 2.75) is 13.3 Å². The Bertz CT molecular complexity index is 496. The van der Waals surface area contributed by atoms with Crippen molar-refractivity contribution in [3.05, 3.63) is 47.7 Å². The highest BCUT2D eigenvalue weighted by Crippen LogP contribution is 2.25. The van der Waals surface area contributed by atoms with Gasteiger partial charge in [-0.05, 0) is 30.2 Å². The molecule has 0 unspecified atom stereocenters. The number of nitrogens with zero attached hydrogens (tertiary/aromatic N) is 3. The Kier molecular flexibility index (Phi) is 3.05. The van der Waals surface area contributed by atoms with E-state index in [0.717, 1.165) is 23.1 Å². The van der Waals surface area contributed by atoms with Crippen molar-refractivity contribution >= 4 is 18.1 Å². The molecule has 3 nitrogen and oxygen atoms in total. The molecule has 1 aliphatic rings. The highest BCUT2D eigenvalue weighted by atomic mass is 15.1. The zero-order valence-corrected chi connectivity index (χ0v) is 9.22. The molecule has 0 aromatic carbocycles. The molecule has 16 heavy (non-hydrogen) atoms. The maximum absolute atomic E-state index is 4.26. The fourth-order valence-corrected chi connectivity index (χ4v) is 1.56. The van der Waals surface area contributed by atoms with Crippen LogP contribution in [0.25, 0.3) is 6.08 Å². The summed E-state index contributed by atoms with van der Waals surface area (Å²) in [6, 6.07) is 1.91. The molecule has 2 rings (SSSR count). The first-order chi connectivity index (χ1) is 7.81. The summed E-state index contributed by atoms with van der Waals surface area (Å²) in [7, 11) is 0. The number of allylic oxidation sites excluding steroid dienone is 4. The molecule has 0 aliphatic carbocycles. The third kappa shape index (κ3) is 2.14. The molecule has 0 amide bonds. The second-order valence-corrected chi connectivity index (χ2v) is 3.52. The molecule has 0 radical (unpaired) electrons. The van der Waals surface area contributed by atoms with Gasteiger partial charge in [0.25, 0.3) is 0 Å². The highest BCUT2D eigenvalue weighted by molar-refractivity contribution is 5.78. The van der Waals surface area contributed by atoms with Gasteiger partial charge in [-0.1, -0.05) is 18.7 Å². The third-order valence-corrected chi connectivity index (χ3v) is 2.37. The Morgan fingerprint density at radius 1 is 1.50 bits per heavy atom. The first-order valence-corrected chi connectivity index (χ1v) is 5.18. The summed E-state index contributed by atoms with van der Waals surface area (Å²) in [6.45, 7) is 6.01. The first-order valence-electron chi connectivity index (χ1n) is 5.18. The molecular weight excluding hydrogens is 198 g/mol. The van der Waals surface area contributed by atoms with E-state index in [1.165, 1.54) is 0 Å². The molecule has 80 valence electrons. The van der Waals surface area contributed by atoms with Crippen molar-refractivity contribution < 1.29 is 0 Å². The average Bonchev–Trinajstić information content (AvgIpc) is 2.51. The molecule has 3 heteroatoms. The summed E-state index contributed by atoms with van der Waals surface area (Å²) in [6.07, 6.45) is 10.3. The second-order valence-electron chi connectivity index (χ2n) is 3.52. The predicted octanol–water partition coefficient (Wildman–Crippen LogP) is 3.10. The second kappa shape index (κ2) is 4.66. The lowest BCUT2D eigenvalue weighted by molar-refractivity contribution is 1.02. The molecule has 2 heterocycles. The van der Waals surface area contributed by atoms with Crippen molar-refractivity contribution in [1.29, 1.82) is 0 Å². The van der Waals surface area contributed by atoms with Gasteiger partial charge in [0.1, 0.15) is 0 Å². The topological polar surface area (TPSA) is 38.1 Å². The van der Waals surface area contributed by atoms with Crippen molar-refractivity contribution in [2.75, 3.05) is 0 Å². The van der Waals surface area contributed by atoms with Crippen molar-refractivity contribution in [2.24, 2.45) is 4.99 Å². The molecule has 0 spiro atoms. The SMILES string of the molecule is C=C(/C=C\C)C1=Cc2ccnnc2N=CC1. The molecule has 0 bridgehead atoms. The summed E-state index contributed by atoms with van der Waals surface area (Å²) in [5.74, 6) is 0.672. The lowest BCUT2D eigenvalue weighted by Gasteiger charge is -2.02. The quantitative estimate of drug-likeness (QED) is 0.705. The normalized spacial score (nSPS) is 14.4. The van der Waals surface area contributed by atoms with Crippen molar-refractivity contribution in [3.8, 4) is 0 Å². The summed E-state index contributed by atoms with van der Waals surface area (Å²) in [4.78, 5) is 4.26. The van der Waals surface area contributed by atoms with E-state index in [-0.39, 0.29) is 0 Å². The lowest BCUT2D eigenvalue weighted by Crippen LogP contribution is -1.86. The van der Waals surface area contributed by atoms with Crippen LogP contribution >= 0.6 is 0 Å². The van der Waals surface area contributed by atoms with Crippen LogP contribution in [0.5, 0.6) is 0 Å². The Morgan fingerprint density at radius 3 is 3.19 bits per heavy atom. The number of hydrogen-bond donors (Lipinski definition) is 0. The van der Waals surface area contributed by atoms with Crippen LogP contribution in [0.1, 0.15) is 18.9 Å². The van der Waals surface area contributed by atoms with Gasteiger partial charge in [0, 0.05) is 18.2 Å². The molecule has 1 aliphatic heterocycles. The van der Waals surface area contributed by atoms with Crippen LogP contribution in [0.15, 0.2) is 47.1 Å². The maximum atomic E-state index is 4.26. The zero-order valence-electron chi connectivity index (χ0n) is 9.22. The summed E-state index contributed by atoms with van der Waals surface area (Å²) < 4.78 is 0. The summed E-state index contributed by atoms with van der Waals surface area (Å²) >= 11 is 0. The van der Waals surface area contributed by atoms with E-state index < -0.39 is 0 Å². The van der Waals surface area contributed by atoms with Gasteiger partial charge < -0.3 is 0 Å². The van der Waals surface area contributed by atoms with Gasteiger partial charge in [-0.3, -0.25) is 0 Å². The van der Waals surface area contributed by atoms with Crippen LogP contribution in [-0.4, -0.2) is 16.4 Å². The molecule has 0 atom stereocenters. The predicted molar refractivity (Wildman–Crippen MR) is 66.7 cm³/mol. The van der Waals surface area contributed by atoms with E-state index in [1.807, 2.05) is 31.4 Å². The number of rotatable bonds is 2. The van der Waals surface area contributed by atoms with Gasteiger partial charge in [0.05, 0.1) is 6.20 Å². The molecule has 1 aromatic rings. The van der Waals surface area contributed by atoms with Crippen LogP contribution in [0.4, 0.5) is 5.82 Å². The summed E-state index contributed by atoms with van der Waals surface area (Å²) in [5, 5.41) is 7.80. The third-order valence-electron chi connectivity index (χ3n) is 2.37. The van der Waals surface area contributed by atoms with Crippen molar-refractivity contribution in [1.82, 2.24) is 10.2 Å². The first kappa shape index (κ1) is 10.5. The van der Waals surface area contributed by atoms with Crippen LogP contribution in [0.3, 0.4) is 0 Å². The number of aliphatic imine (C=N–C) groups is 1. The Hall–Kier alpha value is -2.03. The Morgan fingerprint density at radius 2 is 2.38 bits per heavy atom. The van der Waals surface area contributed by atoms with Gasteiger partial charge in [-0.15, -0.1) is 5.10 Å². The van der Waals surface area contributed by atoms with Crippen LogP contribution < -0.4 is 0 Å². The molecule has 0 saturated heterocycles. The zero-order chi connectivity index (χ0) is 11.4. The molecule has 1 aromatic heterocycles. The number of fused-ring (bicyclic) bond motifs is 1. The van der Waals surface area contributed by atoms with E-state index >= 15 is 0 Å². The molecule has 0 N–H and O–H groups in total. The Balaban J connectivity index is 2.42. The monoisotopic (exact) mass is 211 g/mol. The van der Waals surface area contributed by atoms with Crippen LogP contribution in [-0.2, 0) is 0 Å². The van der Waals surface area contributed by atoms with Crippen LogP contribution in [0, 0.1) is 0 Å². The number of aromatic nitrogens is 2. The smallest absolute Gasteiger partial charge is 0.181 e. The average molecular weight is 211 g/mol. The van der Waals surface area contributed by atoms with E-state index in [4.69, 9.17) is 0 Å². The van der Waals surface area contributed by atoms with Gasteiger partial charge in [-0.2, -0.15) is 5.10 Å². The largest absolute Gasteiger partial charge is 0.239 e. The van der Waals surface area contributed by atoms with E-state index in [2.05, 4.69) is 27.8 Å². The van der Waals surface area contributed by atoms with Crippen LogP contribution in [0.2, 0.25) is 0 Å². The van der Waals surface area contributed by atoms with Gasteiger partial charge in [0.2, 0.25) is 0 Å². The summed E-state index contributed by atoms with van der Waals surface area (Å²) in [5.41, 5.74) is 3.16. The molecule has 0 saturated carbocycles. The highest BCUT2D eigenvalue weighted by Gasteiger charge is 2.07. The van der Waals surface area contributed by atoms with E-state index in [0.29, 0.717) is 5.82 Å². The van der Waals surface area contributed by atoms with E-state index in [9.17, 15) is 0 Å². The fourth-order valence-electron chi connectivity index (χ4n) is 1.56. The van der Waals surface area contributed by atoms with Crippen molar-refractivity contribution in [3.63, 3.8) is 0 Å². The Labute approximate surface area is 94.9 Å². The van der Waals surface area contributed by atoms with Gasteiger partial charge >= 0.3 is 0 Å².